The molecule has 0 radical (unpaired) electrons. The van der Waals surface area contributed by atoms with Crippen LogP contribution in [0.3, 0.4) is 0 Å². The second kappa shape index (κ2) is 9.45. The first kappa shape index (κ1) is 18.5. The lowest BCUT2D eigenvalue weighted by atomic mass is 9.89. The minimum atomic E-state index is -0.478. The Bertz CT molecular complexity index is 580. The molecule has 0 aliphatic rings. The van der Waals surface area contributed by atoms with E-state index < -0.39 is 6.10 Å². The molecule has 0 heterocycles. The SMILES string of the molecule is CC[C@H](Cc1ccccc1)[C@@H](O)[C@H](C)OCc1ccc(OC)cc1. The van der Waals surface area contributed by atoms with Crippen LogP contribution in [0.1, 0.15) is 31.4 Å². The third kappa shape index (κ3) is 5.36. The van der Waals surface area contributed by atoms with Gasteiger partial charge in [0.25, 0.3) is 0 Å². The number of benzene rings is 2. The fraction of sp³-hybridized carbons (Fsp3) is 0.429. The number of aliphatic hydroxyl groups is 1. The van der Waals surface area contributed by atoms with Gasteiger partial charge < -0.3 is 14.6 Å². The summed E-state index contributed by atoms with van der Waals surface area (Å²) < 4.78 is 11.0. The molecule has 0 fully saturated rings. The molecule has 3 heteroatoms. The molecule has 2 aromatic carbocycles. The van der Waals surface area contributed by atoms with Crippen LogP contribution in [0.15, 0.2) is 54.6 Å². The monoisotopic (exact) mass is 328 g/mol. The Balaban J connectivity index is 1.87. The van der Waals surface area contributed by atoms with Gasteiger partial charge in [-0.05, 0) is 42.5 Å². The third-order valence-electron chi connectivity index (χ3n) is 4.50. The summed E-state index contributed by atoms with van der Waals surface area (Å²) in [5.41, 5.74) is 2.33. The molecule has 0 aliphatic carbocycles. The second-order valence-corrected chi connectivity index (χ2v) is 6.21. The molecule has 2 rings (SSSR count). The van der Waals surface area contributed by atoms with Crippen LogP contribution in [0.4, 0.5) is 0 Å². The van der Waals surface area contributed by atoms with Crippen molar-refractivity contribution in [3.63, 3.8) is 0 Å². The highest BCUT2D eigenvalue weighted by Gasteiger charge is 2.24. The first-order chi connectivity index (χ1) is 11.6. The van der Waals surface area contributed by atoms with Crippen LogP contribution >= 0.6 is 0 Å². The number of aliphatic hydroxyl groups excluding tert-OH is 1. The van der Waals surface area contributed by atoms with Crippen LogP contribution in [-0.4, -0.2) is 24.4 Å². The predicted octanol–water partition coefficient (Wildman–Crippen LogP) is 4.23. The molecule has 0 spiro atoms. The van der Waals surface area contributed by atoms with Gasteiger partial charge >= 0.3 is 0 Å². The standard InChI is InChI=1S/C21H28O3/c1-4-19(14-17-8-6-5-7-9-17)21(22)16(2)24-15-18-10-12-20(23-3)13-11-18/h5-13,16,19,21-22H,4,14-15H2,1-3H3/t16-,19+,21-/m0/s1. The third-order valence-corrected chi connectivity index (χ3v) is 4.50. The van der Waals surface area contributed by atoms with Crippen molar-refractivity contribution in [1.82, 2.24) is 0 Å². The van der Waals surface area contributed by atoms with Crippen molar-refractivity contribution in [3.05, 3.63) is 65.7 Å². The van der Waals surface area contributed by atoms with Gasteiger partial charge in [-0.1, -0.05) is 55.8 Å². The first-order valence-electron chi connectivity index (χ1n) is 8.60. The van der Waals surface area contributed by atoms with Crippen molar-refractivity contribution in [2.75, 3.05) is 7.11 Å². The van der Waals surface area contributed by atoms with Gasteiger partial charge in [0.1, 0.15) is 5.75 Å². The maximum absolute atomic E-state index is 10.7. The highest BCUT2D eigenvalue weighted by molar-refractivity contribution is 5.26. The topological polar surface area (TPSA) is 38.7 Å². The summed E-state index contributed by atoms with van der Waals surface area (Å²) in [4.78, 5) is 0. The van der Waals surface area contributed by atoms with Crippen molar-refractivity contribution in [2.45, 2.75) is 45.5 Å². The molecular weight excluding hydrogens is 300 g/mol. The van der Waals surface area contributed by atoms with Gasteiger partial charge in [-0.3, -0.25) is 0 Å². The van der Waals surface area contributed by atoms with Crippen molar-refractivity contribution < 1.29 is 14.6 Å². The maximum atomic E-state index is 10.7. The lowest BCUT2D eigenvalue weighted by Crippen LogP contribution is -2.34. The van der Waals surface area contributed by atoms with Crippen LogP contribution in [0.2, 0.25) is 0 Å². The number of methoxy groups -OCH3 is 1. The molecule has 0 bridgehead atoms. The van der Waals surface area contributed by atoms with E-state index in [0.29, 0.717) is 6.61 Å². The fourth-order valence-corrected chi connectivity index (χ4v) is 2.85. The maximum Gasteiger partial charge on any atom is 0.118 e. The average molecular weight is 328 g/mol. The molecular formula is C21H28O3. The lowest BCUT2D eigenvalue weighted by Gasteiger charge is -2.27. The Morgan fingerprint density at radius 2 is 1.62 bits per heavy atom. The zero-order valence-corrected chi connectivity index (χ0v) is 14.8. The zero-order chi connectivity index (χ0) is 17.4. The molecule has 24 heavy (non-hydrogen) atoms. The highest BCUT2D eigenvalue weighted by atomic mass is 16.5. The average Bonchev–Trinajstić information content (AvgIpc) is 2.64. The number of hydrogen-bond donors (Lipinski definition) is 1. The van der Waals surface area contributed by atoms with E-state index in [1.807, 2.05) is 49.4 Å². The van der Waals surface area contributed by atoms with Gasteiger partial charge in [-0.2, -0.15) is 0 Å². The molecule has 0 unspecified atom stereocenters. The molecule has 0 amide bonds. The first-order valence-corrected chi connectivity index (χ1v) is 8.60. The van der Waals surface area contributed by atoms with Gasteiger partial charge in [0.05, 0.1) is 25.9 Å². The molecule has 1 N–H and O–H groups in total. The van der Waals surface area contributed by atoms with Crippen LogP contribution in [-0.2, 0) is 17.8 Å². The van der Waals surface area contributed by atoms with Gasteiger partial charge in [0.2, 0.25) is 0 Å². The largest absolute Gasteiger partial charge is 0.497 e. The van der Waals surface area contributed by atoms with E-state index in [2.05, 4.69) is 19.1 Å². The smallest absolute Gasteiger partial charge is 0.118 e. The number of hydrogen-bond acceptors (Lipinski definition) is 3. The summed E-state index contributed by atoms with van der Waals surface area (Å²) in [6.45, 7) is 4.55. The molecule has 3 nitrogen and oxygen atoms in total. The number of ether oxygens (including phenoxy) is 2. The summed E-state index contributed by atoms with van der Waals surface area (Å²) in [5.74, 6) is 1.03. The summed E-state index contributed by atoms with van der Waals surface area (Å²) in [6.07, 6.45) is 1.11. The Morgan fingerprint density at radius 3 is 2.21 bits per heavy atom. The van der Waals surface area contributed by atoms with Gasteiger partial charge in [-0.15, -0.1) is 0 Å². The Kier molecular flexibility index (Phi) is 7.29. The fourth-order valence-electron chi connectivity index (χ4n) is 2.85. The molecule has 0 saturated carbocycles. The summed E-state index contributed by atoms with van der Waals surface area (Å²) in [6, 6.07) is 18.1. The van der Waals surface area contributed by atoms with Gasteiger partial charge in [-0.25, -0.2) is 0 Å². The second-order valence-electron chi connectivity index (χ2n) is 6.21. The van der Waals surface area contributed by atoms with Crippen molar-refractivity contribution >= 4 is 0 Å². The summed E-state index contributed by atoms with van der Waals surface area (Å²) in [5, 5.41) is 10.7. The van der Waals surface area contributed by atoms with Crippen LogP contribution < -0.4 is 4.74 Å². The van der Waals surface area contributed by atoms with Crippen molar-refractivity contribution in [2.24, 2.45) is 5.92 Å². The van der Waals surface area contributed by atoms with E-state index in [1.54, 1.807) is 7.11 Å². The highest BCUT2D eigenvalue weighted by Crippen LogP contribution is 2.21. The minimum Gasteiger partial charge on any atom is -0.497 e. The molecule has 0 saturated heterocycles. The van der Waals surface area contributed by atoms with E-state index in [1.165, 1.54) is 5.56 Å². The van der Waals surface area contributed by atoms with E-state index in [0.717, 1.165) is 24.2 Å². The molecule has 0 aliphatic heterocycles. The normalized spacial score (nSPS) is 14.8. The molecule has 0 aromatic heterocycles. The Labute approximate surface area is 145 Å². The van der Waals surface area contributed by atoms with E-state index >= 15 is 0 Å². The van der Waals surface area contributed by atoms with E-state index in [9.17, 15) is 5.11 Å². The van der Waals surface area contributed by atoms with Gasteiger partial charge in [0.15, 0.2) is 0 Å². The van der Waals surface area contributed by atoms with Gasteiger partial charge in [0, 0.05) is 0 Å². The van der Waals surface area contributed by atoms with Crippen LogP contribution in [0.25, 0.3) is 0 Å². The Morgan fingerprint density at radius 1 is 0.958 bits per heavy atom. The molecule has 2 aromatic rings. The molecule has 130 valence electrons. The minimum absolute atomic E-state index is 0.193. The van der Waals surface area contributed by atoms with Crippen LogP contribution in [0, 0.1) is 5.92 Å². The van der Waals surface area contributed by atoms with Crippen LogP contribution in [0.5, 0.6) is 5.75 Å². The van der Waals surface area contributed by atoms with E-state index in [4.69, 9.17) is 9.47 Å². The predicted molar refractivity (Wildman–Crippen MR) is 97.2 cm³/mol. The summed E-state index contributed by atoms with van der Waals surface area (Å²) in [7, 11) is 1.65. The quantitative estimate of drug-likeness (QED) is 0.748. The number of rotatable bonds is 9. The van der Waals surface area contributed by atoms with E-state index in [-0.39, 0.29) is 12.0 Å². The zero-order valence-electron chi connectivity index (χ0n) is 14.8. The van der Waals surface area contributed by atoms with Crippen molar-refractivity contribution in [3.8, 4) is 5.75 Å². The molecule has 3 atom stereocenters. The lowest BCUT2D eigenvalue weighted by molar-refractivity contribution is -0.0602. The van der Waals surface area contributed by atoms with Crippen molar-refractivity contribution in [1.29, 1.82) is 0 Å². The Hall–Kier alpha value is -1.84. The summed E-state index contributed by atoms with van der Waals surface area (Å²) >= 11 is 0.